The maximum absolute atomic E-state index is 9.81. The fraction of sp³-hybridized carbons (Fsp3) is 0.520. The minimum atomic E-state index is -2.62. The first-order chi connectivity index (χ1) is 14.1. The van der Waals surface area contributed by atoms with Gasteiger partial charge >= 0.3 is 0 Å². The molecule has 0 aromatic heterocycles. The fourth-order valence-electron chi connectivity index (χ4n) is 4.57. The van der Waals surface area contributed by atoms with Gasteiger partial charge in [0.25, 0.3) is 8.32 Å². The van der Waals surface area contributed by atoms with E-state index < -0.39 is 14.1 Å². The highest BCUT2D eigenvalue weighted by molar-refractivity contribution is 6.99. The van der Waals surface area contributed by atoms with Crippen molar-refractivity contribution >= 4 is 18.7 Å². The molecule has 0 radical (unpaired) electrons. The van der Waals surface area contributed by atoms with E-state index in [0.717, 1.165) is 0 Å². The molecule has 164 valence electrons. The van der Waals surface area contributed by atoms with Crippen molar-refractivity contribution in [1.29, 1.82) is 0 Å². The smallest absolute Gasteiger partial charge is 0.261 e. The van der Waals surface area contributed by atoms with Gasteiger partial charge in [0.2, 0.25) is 0 Å². The summed E-state index contributed by atoms with van der Waals surface area (Å²) in [5.41, 5.74) is 0. The summed E-state index contributed by atoms with van der Waals surface area (Å²) in [6.07, 6.45) is -0.422. The Morgan fingerprint density at radius 2 is 1.37 bits per heavy atom. The minimum Gasteiger partial charge on any atom is -0.405 e. The van der Waals surface area contributed by atoms with Gasteiger partial charge < -0.3 is 19.0 Å². The van der Waals surface area contributed by atoms with Crippen LogP contribution in [0.3, 0.4) is 0 Å². The van der Waals surface area contributed by atoms with Crippen LogP contribution in [0, 0.1) is 5.92 Å². The largest absolute Gasteiger partial charge is 0.405 e. The van der Waals surface area contributed by atoms with Crippen LogP contribution in [0.25, 0.3) is 0 Å². The van der Waals surface area contributed by atoms with Crippen molar-refractivity contribution in [2.75, 3.05) is 13.2 Å². The summed E-state index contributed by atoms with van der Waals surface area (Å²) in [4.78, 5) is 0. The average molecular weight is 429 g/mol. The predicted molar refractivity (Wildman–Crippen MR) is 124 cm³/mol. The molecule has 3 atom stereocenters. The molecule has 1 N–H and O–H groups in total. The van der Waals surface area contributed by atoms with Crippen LogP contribution in [0.5, 0.6) is 0 Å². The molecule has 0 saturated carbocycles. The second kappa shape index (κ2) is 8.93. The predicted octanol–water partition coefficient (Wildman–Crippen LogP) is 3.71. The van der Waals surface area contributed by atoms with Crippen molar-refractivity contribution in [3.63, 3.8) is 0 Å². The Bertz CT molecular complexity index is 761. The molecule has 0 aliphatic carbocycles. The van der Waals surface area contributed by atoms with E-state index in [-0.39, 0.29) is 29.8 Å². The molecule has 0 unspecified atom stereocenters. The first-order valence-electron chi connectivity index (χ1n) is 10.8. The van der Waals surface area contributed by atoms with E-state index >= 15 is 0 Å². The molecule has 0 bridgehead atoms. The summed E-state index contributed by atoms with van der Waals surface area (Å²) in [6, 6.07) is 21.2. The highest BCUT2D eigenvalue weighted by atomic mass is 28.4. The van der Waals surface area contributed by atoms with Gasteiger partial charge in [-0.2, -0.15) is 0 Å². The molecule has 30 heavy (non-hydrogen) atoms. The molecule has 1 fully saturated rings. The summed E-state index contributed by atoms with van der Waals surface area (Å²) in [6.45, 7) is 13.1. The van der Waals surface area contributed by atoms with Gasteiger partial charge in [0.1, 0.15) is 0 Å². The first kappa shape index (κ1) is 23.2. The van der Waals surface area contributed by atoms with E-state index in [9.17, 15) is 5.11 Å². The van der Waals surface area contributed by atoms with Crippen LogP contribution in [0.15, 0.2) is 60.7 Å². The summed E-state index contributed by atoms with van der Waals surface area (Å²) in [5.74, 6) is -0.722. The zero-order valence-electron chi connectivity index (χ0n) is 19.1. The van der Waals surface area contributed by atoms with Crippen molar-refractivity contribution in [1.82, 2.24) is 0 Å². The molecule has 1 aliphatic rings. The summed E-state index contributed by atoms with van der Waals surface area (Å²) in [5, 5.41) is 12.2. The lowest BCUT2D eigenvalue weighted by Gasteiger charge is -2.47. The van der Waals surface area contributed by atoms with Gasteiger partial charge in [-0.3, -0.25) is 0 Å². The highest BCUT2D eigenvalue weighted by Gasteiger charge is 2.51. The molecular formula is C25H36O4Si. The third-order valence-electron chi connectivity index (χ3n) is 6.10. The normalized spacial score (nSPS) is 24.6. The maximum atomic E-state index is 9.81. The lowest BCUT2D eigenvalue weighted by Crippen LogP contribution is -2.67. The number of aliphatic hydroxyl groups is 1. The Hall–Kier alpha value is -1.50. The average Bonchev–Trinajstić information content (AvgIpc) is 2.71. The number of ether oxygens (including phenoxy) is 2. The number of hydrogen-bond acceptors (Lipinski definition) is 4. The molecule has 0 spiro atoms. The van der Waals surface area contributed by atoms with E-state index in [4.69, 9.17) is 13.9 Å². The third kappa shape index (κ3) is 4.55. The Kier molecular flexibility index (Phi) is 6.90. The van der Waals surface area contributed by atoms with Crippen LogP contribution in [0.4, 0.5) is 0 Å². The van der Waals surface area contributed by atoms with Crippen LogP contribution >= 0.6 is 0 Å². The summed E-state index contributed by atoms with van der Waals surface area (Å²) >= 11 is 0. The Labute approximate surface area is 182 Å². The minimum absolute atomic E-state index is 0.0241. The summed E-state index contributed by atoms with van der Waals surface area (Å²) < 4.78 is 19.2. The standard InChI is InChI=1S/C25H36O4Si/c1-19-22(17-26)28-25(5,6)29-23(19)18-27-30(24(2,3)4,20-13-9-7-10-14-20)21-15-11-8-12-16-21/h7-16,19,22-23,26H,17-18H2,1-6H3/t19-,22+,23-/m1/s1. The maximum Gasteiger partial charge on any atom is 0.261 e. The van der Waals surface area contributed by atoms with E-state index in [0.29, 0.717) is 6.61 Å². The second-order valence-corrected chi connectivity index (χ2v) is 14.0. The topological polar surface area (TPSA) is 47.9 Å². The third-order valence-corrected chi connectivity index (χ3v) is 11.1. The molecular weight excluding hydrogens is 392 g/mol. The van der Waals surface area contributed by atoms with Crippen LogP contribution in [0.2, 0.25) is 5.04 Å². The van der Waals surface area contributed by atoms with Gasteiger partial charge in [-0.1, -0.05) is 88.4 Å². The van der Waals surface area contributed by atoms with Gasteiger partial charge in [-0.05, 0) is 29.3 Å². The van der Waals surface area contributed by atoms with Crippen LogP contribution in [-0.2, 0) is 13.9 Å². The van der Waals surface area contributed by atoms with E-state index in [2.05, 4.69) is 76.2 Å². The van der Waals surface area contributed by atoms with Gasteiger partial charge in [0, 0.05) is 5.92 Å². The Balaban J connectivity index is 2.01. The van der Waals surface area contributed by atoms with Crippen molar-refractivity contribution in [2.24, 2.45) is 5.92 Å². The first-order valence-corrected chi connectivity index (χ1v) is 12.7. The zero-order chi connectivity index (χ0) is 22.0. The number of hydrogen-bond donors (Lipinski definition) is 1. The van der Waals surface area contributed by atoms with E-state index in [1.54, 1.807) is 0 Å². The fourth-order valence-corrected chi connectivity index (χ4v) is 9.14. The second-order valence-electron chi connectivity index (χ2n) is 9.73. The lowest BCUT2D eigenvalue weighted by molar-refractivity contribution is -0.326. The molecule has 0 amide bonds. The van der Waals surface area contributed by atoms with E-state index in [1.165, 1.54) is 10.4 Å². The van der Waals surface area contributed by atoms with Crippen molar-refractivity contribution < 1.29 is 19.0 Å². The Morgan fingerprint density at radius 3 is 1.80 bits per heavy atom. The quantitative estimate of drug-likeness (QED) is 0.713. The van der Waals surface area contributed by atoms with E-state index in [1.807, 2.05) is 26.0 Å². The molecule has 1 saturated heterocycles. The molecule has 4 nitrogen and oxygen atoms in total. The van der Waals surface area contributed by atoms with Crippen molar-refractivity contribution in [3.8, 4) is 0 Å². The van der Waals surface area contributed by atoms with Crippen molar-refractivity contribution in [2.45, 2.75) is 64.6 Å². The lowest BCUT2D eigenvalue weighted by atomic mass is 9.96. The SMILES string of the molecule is C[C@@H]1[C@H](CO)OC(C)(C)O[C@@H]1CO[Si](c1ccccc1)(c1ccccc1)C(C)(C)C. The van der Waals surface area contributed by atoms with Gasteiger partial charge in [-0.15, -0.1) is 0 Å². The highest BCUT2D eigenvalue weighted by Crippen LogP contribution is 2.38. The molecule has 1 heterocycles. The Morgan fingerprint density at radius 1 is 0.900 bits per heavy atom. The van der Waals surface area contributed by atoms with Crippen LogP contribution in [0.1, 0.15) is 41.5 Å². The monoisotopic (exact) mass is 428 g/mol. The molecule has 1 aliphatic heterocycles. The van der Waals surface area contributed by atoms with Gasteiger partial charge in [0.05, 0.1) is 25.4 Å². The van der Waals surface area contributed by atoms with Crippen molar-refractivity contribution in [3.05, 3.63) is 60.7 Å². The molecule has 2 aromatic carbocycles. The summed E-state index contributed by atoms with van der Waals surface area (Å²) in [7, 11) is -2.62. The number of benzene rings is 2. The van der Waals surface area contributed by atoms with Gasteiger partial charge in [0.15, 0.2) is 5.79 Å². The molecule has 2 aromatic rings. The van der Waals surface area contributed by atoms with Crippen LogP contribution < -0.4 is 10.4 Å². The van der Waals surface area contributed by atoms with Crippen LogP contribution in [-0.4, -0.2) is 44.6 Å². The number of rotatable bonds is 6. The molecule has 5 heteroatoms. The number of aliphatic hydroxyl groups excluding tert-OH is 1. The zero-order valence-corrected chi connectivity index (χ0v) is 20.1. The molecule has 3 rings (SSSR count). The van der Waals surface area contributed by atoms with Gasteiger partial charge in [-0.25, -0.2) is 0 Å².